The molecule has 0 saturated heterocycles. The SMILES string of the molecule is C[C@]12CCC(O)CC1CC[C@@H]1[C@H]2CC[C@]2(C)C(/C=C/CNNC(=N)N)CC[C@@]12O. The minimum Gasteiger partial charge on any atom is -0.393 e. The van der Waals surface area contributed by atoms with Crippen molar-refractivity contribution in [1.82, 2.24) is 10.9 Å². The maximum atomic E-state index is 12.1. The maximum absolute atomic E-state index is 12.1. The zero-order valence-corrected chi connectivity index (χ0v) is 18.1. The van der Waals surface area contributed by atoms with Crippen LogP contribution in [0.4, 0.5) is 0 Å². The summed E-state index contributed by atoms with van der Waals surface area (Å²) in [6, 6.07) is 0. The molecular formula is C23H40N4O2. The Morgan fingerprint density at radius 3 is 2.66 bits per heavy atom. The number of aliphatic hydroxyl groups is 2. The third-order valence-electron chi connectivity index (χ3n) is 9.71. The Kier molecular flexibility index (Phi) is 5.50. The first kappa shape index (κ1) is 21.1. The highest BCUT2D eigenvalue weighted by Crippen LogP contribution is 2.69. The molecule has 0 aromatic heterocycles. The Morgan fingerprint density at radius 1 is 1.10 bits per heavy atom. The highest BCUT2D eigenvalue weighted by molar-refractivity contribution is 5.73. The molecule has 6 heteroatoms. The molecule has 0 spiro atoms. The van der Waals surface area contributed by atoms with Crippen LogP contribution < -0.4 is 16.6 Å². The summed E-state index contributed by atoms with van der Waals surface area (Å²) in [5, 5.41) is 29.5. The third-order valence-corrected chi connectivity index (χ3v) is 9.71. The molecule has 4 aliphatic rings. The highest BCUT2D eigenvalue weighted by atomic mass is 16.3. The van der Waals surface area contributed by atoms with Gasteiger partial charge in [-0.1, -0.05) is 26.0 Å². The first-order valence-corrected chi connectivity index (χ1v) is 11.6. The number of hydrazine groups is 1. The van der Waals surface area contributed by atoms with Gasteiger partial charge in [-0.3, -0.25) is 10.8 Å². The predicted octanol–water partition coefficient (Wildman–Crippen LogP) is 2.66. The lowest BCUT2D eigenvalue weighted by atomic mass is 9.43. The van der Waals surface area contributed by atoms with E-state index in [2.05, 4.69) is 36.9 Å². The van der Waals surface area contributed by atoms with E-state index in [1.807, 2.05) is 0 Å². The van der Waals surface area contributed by atoms with E-state index in [9.17, 15) is 10.2 Å². The van der Waals surface area contributed by atoms with Gasteiger partial charge >= 0.3 is 0 Å². The van der Waals surface area contributed by atoms with Crippen molar-refractivity contribution < 1.29 is 10.2 Å². The van der Waals surface area contributed by atoms with Crippen molar-refractivity contribution in [2.75, 3.05) is 6.54 Å². The number of guanidine groups is 1. The van der Waals surface area contributed by atoms with Gasteiger partial charge in [0.25, 0.3) is 0 Å². The van der Waals surface area contributed by atoms with Gasteiger partial charge in [0.2, 0.25) is 0 Å². The van der Waals surface area contributed by atoms with Crippen LogP contribution in [0.25, 0.3) is 0 Å². The molecule has 4 aliphatic carbocycles. The fourth-order valence-electron chi connectivity index (χ4n) is 7.99. The number of fused-ring (bicyclic) bond motifs is 5. The van der Waals surface area contributed by atoms with Crippen LogP contribution >= 0.6 is 0 Å². The van der Waals surface area contributed by atoms with Gasteiger partial charge in [0.05, 0.1) is 11.7 Å². The average Bonchev–Trinajstić information content (AvgIpc) is 2.93. The second-order valence-electron chi connectivity index (χ2n) is 10.8. The van der Waals surface area contributed by atoms with Crippen molar-refractivity contribution in [2.24, 2.45) is 40.2 Å². The summed E-state index contributed by atoms with van der Waals surface area (Å²) >= 11 is 0. The van der Waals surface area contributed by atoms with Crippen molar-refractivity contribution in [1.29, 1.82) is 5.41 Å². The van der Waals surface area contributed by atoms with Crippen LogP contribution in [0.1, 0.15) is 71.6 Å². The number of aliphatic hydroxyl groups excluding tert-OH is 1. The quantitative estimate of drug-likeness (QED) is 0.142. The van der Waals surface area contributed by atoms with Crippen molar-refractivity contribution in [3.8, 4) is 0 Å². The summed E-state index contributed by atoms with van der Waals surface area (Å²) in [5.41, 5.74) is 10.5. The maximum Gasteiger partial charge on any atom is 0.200 e. The third kappa shape index (κ3) is 3.31. The molecule has 0 heterocycles. The normalized spacial score (nSPS) is 49.3. The zero-order valence-electron chi connectivity index (χ0n) is 18.1. The molecule has 7 N–H and O–H groups in total. The van der Waals surface area contributed by atoms with E-state index < -0.39 is 5.60 Å². The van der Waals surface area contributed by atoms with Gasteiger partial charge < -0.3 is 15.9 Å². The summed E-state index contributed by atoms with van der Waals surface area (Å²) < 4.78 is 0. The molecule has 0 radical (unpaired) electrons. The first-order chi connectivity index (χ1) is 13.7. The molecule has 4 saturated carbocycles. The van der Waals surface area contributed by atoms with Crippen LogP contribution in [0.15, 0.2) is 12.2 Å². The summed E-state index contributed by atoms with van der Waals surface area (Å²) in [6.07, 6.45) is 13.8. The summed E-state index contributed by atoms with van der Waals surface area (Å²) in [7, 11) is 0. The molecule has 0 bridgehead atoms. The molecule has 4 rings (SSSR count). The summed E-state index contributed by atoms with van der Waals surface area (Å²) in [4.78, 5) is 0. The Balaban J connectivity index is 1.49. The second kappa shape index (κ2) is 7.54. The van der Waals surface area contributed by atoms with Gasteiger partial charge in [0.15, 0.2) is 5.96 Å². The molecule has 29 heavy (non-hydrogen) atoms. The second-order valence-corrected chi connectivity index (χ2v) is 10.8. The first-order valence-electron chi connectivity index (χ1n) is 11.6. The molecule has 0 aliphatic heterocycles. The molecule has 164 valence electrons. The standard InChI is InChI=1S/C23H40N4O2/c1-21-10-8-17(28)14-16(21)5-6-19-18(21)9-11-22(2)15(7-12-23(19,22)29)4-3-13-26-27-20(24)25/h3-4,15-19,26,28-29H,5-14H2,1-2H3,(H4,24,25,27)/b4-3+/t15?,16?,17?,18-,19-,21+,22-,23-/m1/s1. The van der Waals surface area contributed by atoms with E-state index in [0.29, 0.717) is 30.2 Å². The van der Waals surface area contributed by atoms with Gasteiger partial charge in [-0.05, 0) is 86.9 Å². The Hall–Kier alpha value is -1.11. The fraction of sp³-hybridized carbons (Fsp3) is 0.870. The molecule has 3 unspecified atom stereocenters. The predicted molar refractivity (Wildman–Crippen MR) is 115 cm³/mol. The smallest absolute Gasteiger partial charge is 0.200 e. The molecule has 6 nitrogen and oxygen atoms in total. The number of allylic oxidation sites excluding steroid dienone is 1. The lowest BCUT2D eigenvalue weighted by molar-refractivity contribution is -0.207. The molecule has 0 aromatic carbocycles. The van der Waals surface area contributed by atoms with Crippen molar-refractivity contribution in [3.05, 3.63) is 12.2 Å². The van der Waals surface area contributed by atoms with Crippen LogP contribution in [-0.4, -0.2) is 34.4 Å². The van der Waals surface area contributed by atoms with E-state index >= 15 is 0 Å². The summed E-state index contributed by atoms with van der Waals surface area (Å²) in [6.45, 7) is 5.40. The molecule has 8 atom stereocenters. The Bertz CT molecular complexity index is 669. The Morgan fingerprint density at radius 2 is 1.90 bits per heavy atom. The monoisotopic (exact) mass is 404 g/mol. The zero-order chi connectivity index (χ0) is 20.9. The van der Waals surface area contributed by atoms with E-state index in [0.717, 1.165) is 51.4 Å². The summed E-state index contributed by atoms with van der Waals surface area (Å²) in [5.74, 6) is 1.92. The lowest BCUT2D eigenvalue weighted by Crippen LogP contribution is -2.62. The average molecular weight is 405 g/mol. The van der Waals surface area contributed by atoms with E-state index in [-0.39, 0.29) is 22.9 Å². The van der Waals surface area contributed by atoms with Crippen LogP contribution in [-0.2, 0) is 0 Å². The van der Waals surface area contributed by atoms with E-state index in [1.165, 1.54) is 6.42 Å². The van der Waals surface area contributed by atoms with Gasteiger partial charge in [-0.25, -0.2) is 5.43 Å². The minimum absolute atomic E-state index is 0.0595. The Labute approximate surface area is 175 Å². The van der Waals surface area contributed by atoms with Crippen molar-refractivity contribution in [2.45, 2.75) is 83.3 Å². The van der Waals surface area contributed by atoms with Gasteiger partial charge in [0.1, 0.15) is 0 Å². The van der Waals surface area contributed by atoms with Gasteiger partial charge in [-0.2, -0.15) is 0 Å². The molecule has 4 fully saturated rings. The number of nitrogens with two attached hydrogens (primary N) is 1. The van der Waals surface area contributed by atoms with Crippen LogP contribution in [0.3, 0.4) is 0 Å². The van der Waals surface area contributed by atoms with Crippen LogP contribution in [0.5, 0.6) is 0 Å². The van der Waals surface area contributed by atoms with Crippen LogP contribution in [0.2, 0.25) is 0 Å². The van der Waals surface area contributed by atoms with Crippen molar-refractivity contribution in [3.63, 3.8) is 0 Å². The van der Waals surface area contributed by atoms with Crippen molar-refractivity contribution >= 4 is 5.96 Å². The lowest BCUT2D eigenvalue weighted by Gasteiger charge is -2.63. The molecule has 0 aromatic rings. The van der Waals surface area contributed by atoms with Gasteiger partial charge in [-0.15, -0.1) is 0 Å². The van der Waals surface area contributed by atoms with E-state index in [1.54, 1.807) is 0 Å². The topological polar surface area (TPSA) is 114 Å². The minimum atomic E-state index is -0.569. The van der Waals surface area contributed by atoms with Crippen LogP contribution in [0, 0.1) is 39.9 Å². The number of hydrogen-bond acceptors (Lipinski definition) is 4. The number of hydrogen-bond donors (Lipinski definition) is 6. The molecule has 0 amide bonds. The largest absolute Gasteiger partial charge is 0.393 e. The highest BCUT2D eigenvalue weighted by Gasteiger charge is 2.66. The molecular weight excluding hydrogens is 364 g/mol. The van der Waals surface area contributed by atoms with E-state index in [4.69, 9.17) is 11.1 Å². The van der Waals surface area contributed by atoms with Gasteiger partial charge in [0, 0.05) is 12.0 Å². The number of rotatable bonds is 4. The fourth-order valence-corrected chi connectivity index (χ4v) is 7.99. The number of nitrogens with one attached hydrogen (secondary N) is 3.